The minimum absolute atomic E-state index is 0.134. The minimum Gasteiger partial charge on any atom is -0.355 e. The molecule has 0 heterocycles. The van der Waals surface area contributed by atoms with Crippen LogP contribution in [0.4, 0.5) is 0 Å². The van der Waals surface area contributed by atoms with Gasteiger partial charge in [-0.25, -0.2) is 0 Å². The fourth-order valence-electron chi connectivity index (χ4n) is 1.10. The Morgan fingerprint density at radius 2 is 2.40 bits per heavy atom. The molecule has 4 heteroatoms. The molecule has 1 atom stereocenters. The highest BCUT2D eigenvalue weighted by molar-refractivity contribution is 7.99. The van der Waals surface area contributed by atoms with Crippen LogP contribution in [0, 0.1) is 0 Å². The first-order valence-electron chi connectivity index (χ1n) is 5.37. The highest BCUT2D eigenvalue weighted by atomic mass is 32.2. The third-order valence-electron chi connectivity index (χ3n) is 1.87. The summed E-state index contributed by atoms with van der Waals surface area (Å²) < 4.78 is 0. The maximum atomic E-state index is 11.3. The van der Waals surface area contributed by atoms with Crippen molar-refractivity contribution in [3.63, 3.8) is 0 Å². The summed E-state index contributed by atoms with van der Waals surface area (Å²) in [6.07, 6.45) is 4.25. The summed E-state index contributed by atoms with van der Waals surface area (Å²) in [6.45, 7) is 6.34. The maximum Gasteiger partial charge on any atom is 0.220 e. The van der Waals surface area contributed by atoms with Crippen molar-refractivity contribution in [2.45, 2.75) is 32.2 Å². The molecule has 0 aromatic heterocycles. The quantitative estimate of drug-likeness (QED) is 0.466. The van der Waals surface area contributed by atoms with Crippen LogP contribution in [-0.4, -0.2) is 30.0 Å². The van der Waals surface area contributed by atoms with Gasteiger partial charge in [0.15, 0.2) is 0 Å². The second-order valence-electron chi connectivity index (χ2n) is 3.58. The van der Waals surface area contributed by atoms with Gasteiger partial charge in [0.1, 0.15) is 0 Å². The maximum absolute atomic E-state index is 11.3. The van der Waals surface area contributed by atoms with E-state index in [0.717, 1.165) is 30.9 Å². The van der Waals surface area contributed by atoms with Gasteiger partial charge in [-0.15, -0.1) is 6.58 Å². The summed E-state index contributed by atoms with van der Waals surface area (Å²) >= 11 is 1.77. The van der Waals surface area contributed by atoms with E-state index in [9.17, 15) is 4.79 Å². The second kappa shape index (κ2) is 10.1. The predicted octanol–water partition coefficient (Wildman–Crippen LogP) is 1.54. The van der Waals surface area contributed by atoms with Crippen LogP contribution in [0.25, 0.3) is 0 Å². The van der Waals surface area contributed by atoms with Gasteiger partial charge >= 0.3 is 0 Å². The van der Waals surface area contributed by atoms with Crippen molar-refractivity contribution in [1.82, 2.24) is 5.32 Å². The van der Waals surface area contributed by atoms with Crippen molar-refractivity contribution in [2.24, 2.45) is 5.73 Å². The molecule has 0 saturated heterocycles. The number of amides is 1. The lowest BCUT2D eigenvalue weighted by molar-refractivity contribution is -0.121. The molecule has 0 rings (SSSR count). The van der Waals surface area contributed by atoms with Crippen molar-refractivity contribution >= 4 is 17.7 Å². The molecule has 0 aliphatic heterocycles. The Labute approximate surface area is 96.9 Å². The molecule has 0 bridgehead atoms. The van der Waals surface area contributed by atoms with Crippen molar-refractivity contribution in [3.8, 4) is 0 Å². The van der Waals surface area contributed by atoms with E-state index in [1.54, 1.807) is 11.8 Å². The van der Waals surface area contributed by atoms with Gasteiger partial charge in [0.05, 0.1) is 0 Å². The highest BCUT2D eigenvalue weighted by Crippen LogP contribution is 1.99. The van der Waals surface area contributed by atoms with Gasteiger partial charge in [0, 0.05) is 30.5 Å². The van der Waals surface area contributed by atoms with E-state index >= 15 is 0 Å². The van der Waals surface area contributed by atoms with Crippen LogP contribution in [0.3, 0.4) is 0 Å². The zero-order chi connectivity index (χ0) is 11.5. The van der Waals surface area contributed by atoms with Crippen LogP contribution in [0.1, 0.15) is 26.2 Å². The zero-order valence-corrected chi connectivity index (χ0v) is 10.3. The normalized spacial score (nSPS) is 12.1. The Kier molecular flexibility index (Phi) is 9.73. The second-order valence-corrected chi connectivity index (χ2v) is 4.73. The number of nitrogens with two attached hydrogens (primary N) is 1. The number of carbonyl (C=O) groups is 1. The first kappa shape index (κ1) is 14.5. The van der Waals surface area contributed by atoms with E-state index in [2.05, 4.69) is 11.9 Å². The van der Waals surface area contributed by atoms with Crippen LogP contribution in [0.5, 0.6) is 0 Å². The summed E-state index contributed by atoms with van der Waals surface area (Å²) in [5.41, 5.74) is 5.59. The summed E-state index contributed by atoms with van der Waals surface area (Å²) in [5, 5.41) is 2.88. The molecule has 1 unspecified atom stereocenters. The number of hydrogen-bond acceptors (Lipinski definition) is 3. The average molecular weight is 230 g/mol. The molecular weight excluding hydrogens is 208 g/mol. The minimum atomic E-state index is 0.134. The van der Waals surface area contributed by atoms with E-state index < -0.39 is 0 Å². The molecule has 0 aromatic carbocycles. The van der Waals surface area contributed by atoms with Gasteiger partial charge < -0.3 is 11.1 Å². The lowest BCUT2D eigenvalue weighted by atomic mass is 10.1. The fourth-order valence-corrected chi connectivity index (χ4v) is 1.68. The van der Waals surface area contributed by atoms with E-state index in [0.29, 0.717) is 6.42 Å². The van der Waals surface area contributed by atoms with Crippen molar-refractivity contribution < 1.29 is 4.79 Å². The summed E-state index contributed by atoms with van der Waals surface area (Å²) in [7, 11) is 0. The van der Waals surface area contributed by atoms with Crippen LogP contribution in [0.15, 0.2) is 12.7 Å². The molecule has 15 heavy (non-hydrogen) atoms. The van der Waals surface area contributed by atoms with Crippen LogP contribution < -0.4 is 11.1 Å². The molecule has 88 valence electrons. The van der Waals surface area contributed by atoms with Gasteiger partial charge in [-0.2, -0.15) is 11.8 Å². The third kappa shape index (κ3) is 11.4. The summed E-state index contributed by atoms with van der Waals surface area (Å²) in [5.74, 6) is 2.03. The SMILES string of the molecule is C=CCSCCNC(=O)CCCC(C)N. The summed E-state index contributed by atoms with van der Waals surface area (Å²) in [6, 6.07) is 0.195. The lowest BCUT2D eigenvalue weighted by Gasteiger charge is -2.06. The van der Waals surface area contributed by atoms with Crippen molar-refractivity contribution in [3.05, 3.63) is 12.7 Å². The standard InChI is InChI=1S/C11H22N2OS/c1-3-8-15-9-7-13-11(14)6-4-5-10(2)12/h3,10H,1,4-9,12H2,2H3,(H,13,14). The molecule has 0 fully saturated rings. The molecule has 0 saturated carbocycles. The first-order chi connectivity index (χ1) is 7.16. The Morgan fingerprint density at radius 1 is 1.67 bits per heavy atom. The van der Waals surface area contributed by atoms with Crippen molar-refractivity contribution in [2.75, 3.05) is 18.1 Å². The third-order valence-corrected chi connectivity index (χ3v) is 2.83. The van der Waals surface area contributed by atoms with E-state index in [-0.39, 0.29) is 11.9 Å². The lowest BCUT2D eigenvalue weighted by Crippen LogP contribution is -2.26. The fraction of sp³-hybridized carbons (Fsp3) is 0.727. The molecule has 0 aliphatic carbocycles. The Balaban J connectivity index is 3.22. The smallest absolute Gasteiger partial charge is 0.220 e. The first-order valence-corrected chi connectivity index (χ1v) is 6.53. The van der Waals surface area contributed by atoms with Gasteiger partial charge in [0.25, 0.3) is 0 Å². The van der Waals surface area contributed by atoms with Crippen molar-refractivity contribution in [1.29, 1.82) is 0 Å². The van der Waals surface area contributed by atoms with Gasteiger partial charge in [-0.05, 0) is 19.8 Å². The van der Waals surface area contributed by atoms with E-state index in [1.807, 2.05) is 13.0 Å². The Morgan fingerprint density at radius 3 is 3.00 bits per heavy atom. The average Bonchev–Trinajstić information content (AvgIpc) is 2.17. The number of thioether (sulfide) groups is 1. The number of carbonyl (C=O) groups excluding carboxylic acids is 1. The molecule has 0 radical (unpaired) electrons. The Bertz CT molecular complexity index is 183. The Hall–Kier alpha value is -0.480. The summed E-state index contributed by atoms with van der Waals surface area (Å²) in [4.78, 5) is 11.3. The molecule has 0 spiro atoms. The monoisotopic (exact) mass is 230 g/mol. The topological polar surface area (TPSA) is 55.1 Å². The molecule has 3 N–H and O–H groups in total. The molecule has 1 amide bonds. The van der Waals surface area contributed by atoms with Gasteiger partial charge in [-0.3, -0.25) is 4.79 Å². The molecule has 0 aliphatic rings. The largest absolute Gasteiger partial charge is 0.355 e. The van der Waals surface area contributed by atoms with E-state index in [1.165, 1.54) is 0 Å². The molecule has 0 aromatic rings. The number of nitrogens with one attached hydrogen (secondary N) is 1. The van der Waals surface area contributed by atoms with Crippen LogP contribution in [0.2, 0.25) is 0 Å². The van der Waals surface area contributed by atoms with Crippen LogP contribution >= 0.6 is 11.8 Å². The zero-order valence-electron chi connectivity index (χ0n) is 9.50. The van der Waals surface area contributed by atoms with E-state index in [4.69, 9.17) is 5.73 Å². The molecule has 3 nitrogen and oxygen atoms in total. The van der Waals surface area contributed by atoms with Gasteiger partial charge in [-0.1, -0.05) is 6.08 Å². The van der Waals surface area contributed by atoms with Crippen LogP contribution in [-0.2, 0) is 4.79 Å². The molecular formula is C11H22N2OS. The number of rotatable bonds is 9. The van der Waals surface area contributed by atoms with Gasteiger partial charge in [0.2, 0.25) is 5.91 Å². The highest BCUT2D eigenvalue weighted by Gasteiger charge is 2.01. The predicted molar refractivity (Wildman–Crippen MR) is 68.0 cm³/mol. The number of hydrogen-bond donors (Lipinski definition) is 2.